The molecule has 4 nitrogen and oxygen atoms in total. The van der Waals surface area contributed by atoms with E-state index in [9.17, 15) is 9.59 Å². The maximum Gasteiger partial charge on any atom is 0.225 e. The second kappa shape index (κ2) is 7.51. The van der Waals surface area contributed by atoms with E-state index in [0.717, 1.165) is 12.8 Å². The first-order chi connectivity index (χ1) is 8.54. The summed E-state index contributed by atoms with van der Waals surface area (Å²) in [6.07, 6.45) is 1.73. The van der Waals surface area contributed by atoms with Gasteiger partial charge in [0.25, 0.3) is 0 Å². The summed E-state index contributed by atoms with van der Waals surface area (Å²) in [4.78, 5) is 23.3. The Balaban J connectivity index is 4.00. The molecule has 0 radical (unpaired) electrons. The molecule has 0 saturated carbocycles. The van der Waals surface area contributed by atoms with Crippen molar-refractivity contribution in [1.29, 1.82) is 0 Å². The van der Waals surface area contributed by atoms with Gasteiger partial charge < -0.3 is 10.6 Å². The number of carbonyl (C=O) groups is 2. The van der Waals surface area contributed by atoms with Crippen LogP contribution in [0.1, 0.15) is 61.3 Å². The van der Waals surface area contributed by atoms with E-state index in [1.54, 1.807) is 0 Å². The Hall–Kier alpha value is -1.06. The van der Waals surface area contributed by atoms with Crippen molar-refractivity contribution in [3.8, 4) is 0 Å². The number of hydrogen-bond acceptors (Lipinski definition) is 2. The van der Waals surface area contributed by atoms with Crippen molar-refractivity contribution in [3.05, 3.63) is 0 Å². The number of nitrogens with one attached hydrogen (secondary N) is 2. The van der Waals surface area contributed by atoms with Gasteiger partial charge in [-0.25, -0.2) is 0 Å². The molecule has 0 aliphatic carbocycles. The largest absolute Gasteiger partial charge is 0.353 e. The van der Waals surface area contributed by atoms with Crippen molar-refractivity contribution >= 4 is 11.8 Å². The van der Waals surface area contributed by atoms with E-state index in [2.05, 4.69) is 10.6 Å². The van der Waals surface area contributed by atoms with E-state index in [-0.39, 0.29) is 35.2 Å². The highest BCUT2D eigenvalue weighted by atomic mass is 16.2. The van der Waals surface area contributed by atoms with Crippen LogP contribution in [0, 0.1) is 11.3 Å². The van der Waals surface area contributed by atoms with Crippen LogP contribution in [0.5, 0.6) is 0 Å². The summed E-state index contributed by atoms with van der Waals surface area (Å²) in [6, 6.07) is 0.272. The highest BCUT2D eigenvalue weighted by Crippen LogP contribution is 2.13. The fourth-order valence-corrected chi connectivity index (χ4v) is 1.49. The van der Waals surface area contributed by atoms with E-state index < -0.39 is 0 Å². The van der Waals surface area contributed by atoms with E-state index in [1.165, 1.54) is 0 Å². The predicted octanol–water partition coefficient (Wildman–Crippen LogP) is 2.48. The lowest BCUT2D eigenvalue weighted by Gasteiger charge is -2.23. The third-order valence-corrected chi connectivity index (χ3v) is 3.00. The summed E-state index contributed by atoms with van der Waals surface area (Å²) in [5, 5.41) is 5.97. The molecule has 0 rings (SSSR count). The number of rotatable bonds is 6. The first kappa shape index (κ1) is 17.9. The Morgan fingerprint density at radius 2 is 1.32 bits per heavy atom. The van der Waals surface area contributed by atoms with Crippen LogP contribution in [0.15, 0.2) is 0 Å². The number of amides is 2. The molecule has 19 heavy (non-hydrogen) atoms. The molecular formula is C15H30N2O2. The van der Waals surface area contributed by atoms with E-state index in [0.29, 0.717) is 0 Å². The standard InChI is InChI=1S/C15H30N2O2/c1-10(2)13(18)16-11(3)8-9-12(4)17-14(19)15(5,6)7/h10-12H,8-9H2,1-7H3,(H,16,18)(H,17,19). The van der Waals surface area contributed by atoms with E-state index in [1.807, 2.05) is 48.5 Å². The topological polar surface area (TPSA) is 58.2 Å². The Morgan fingerprint density at radius 1 is 0.895 bits per heavy atom. The van der Waals surface area contributed by atoms with Crippen LogP contribution in [0.2, 0.25) is 0 Å². The van der Waals surface area contributed by atoms with Crippen LogP contribution in [-0.2, 0) is 9.59 Å². The van der Waals surface area contributed by atoms with Crippen molar-refractivity contribution in [2.75, 3.05) is 0 Å². The monoisotopic (exact) mass is 270 g/mol. The minimum absolute atomic E-state index is 0.0143. The second-order valence-electron chi connectivity index (χ2n) is 6.77. The van der Waals surface area contributed by atoms with Gasteiger partial charge in [0.15, 0.2) is 0 Å². The SMILES string of the molecule is CC(CCC(C)NC(=O)C(C)(C)C)NC(=O)C(C)C. The number of hydrogen-bond donors (Lipinski definition) is 2. The van der Waals surface area contributed by atoms with Crippen molar-refractivity contribution in [3.63, 3.8) is 0 Å². The van der Waals surface area contributed by atoms with Crippen molar-refractivity contribution < 1.29 is 9.59 Å². The molecule has 0 aliphatic heterocycles. The van der Waals surface area contributed by atoms with Gasteiger partial charge in [0.05, 0.1) is 0 Å². The van der Waals surface area contributed by atoms with Gasteiger partial charge in [0, 0.05) is 23.4 Å². The van der Waals surface area contributed by atoms with Crippen LogP contribution < -0.4 is 10.6 Å². The van der Waals surface area contributed by atoms with Gasteiger partial charge in [-0.2, -0.15) is 0 Å². The third kappa shape index (κ3) is 7.85. The highest BCUT2D eigenvalue weighted by molar-refractivity contribution is 5.81. The molecule has 0 spiro atoms. The fraction of sp³-hybridized carbons (Fsp3) is 0.867. The molecule has 0 aliphatic rings. The van der Waals surface area contributed by atoms with Gasteiger partial charge in [0.1, 0.15) is 0 Å². The molecule has 0 heterocycles. The molecule has 0 fully saturated rings. The predicted molar refractivity (Wildman–Crippen MR) is 78.7 cm³/mol. The third-order valence-electron chi connectivity index (χ3n) is 3.00. The Labute approximate surface area is 117 Å². The summed E-state index contributed by atoms with van der Waals surface area (Å²) >= 11 is 0. The first-order valence-corrected chi connectivity index (χ1v) is 7.15. The smallest absolute Gasteiger partial charge is 0.225 e. The lowest BCUT2D eigenvalue weighted by molar-refractivity contribution is -0.129. The molecule has 0 saturated heterocycles. The summed E-state index contributed by atoms with van der Waals surface area (Å²) in [5.41, 5.74) is -0.355. The maximum absolute atomic E-state index is 11.8. The lowest BCUT2D eigenvalue weighted by atomic mass is 9.95. The Kier molecular flexibility index (Phi) is 7.09. The molecule has 0 bridgehead atoms. The van der Waals surface area contributed by atoms with Gasteiger partial charge in [-0.3, -0.25) is 9.59 Å². The Bertz CT molecular complexity index is 306. The zero-order valence-corrected chi connectivity index (χ0v) is 13.5. The molecular weight excluding hydrogens is 240 g/mol. The van der Waals surface area contributed by atoms with Gasteiger partial charge in [-0.1, -0.05) is 34.6 Å². The zero-order valence-electron chi connectivity index (χ0n) is 13.5. The summed E-state index contributed by atoms with van der Waals surface area (Å²) in [6.45, 7) is 13.5. The molecule has 0 aromatic carbocycles. The molecule has 112 valence electrons. The average molecular weight is 270 g/mol. The van der Waals surface area contributed by atoms with E-state index >= 15 is 0 Å². The molecule has 2 N–H and O–H groups in total. The van der Waals surface area contributed by atoms with Crippen molar-refractivity contribution in [1.82, 2.24) is 10.6 Å². The van der Waals surface area contributed by atoms with Crippen LogP contribution in [0.25, 0.3) is 0 Å². The molecule has 2 amide bonds. The minimum atomic E-state index is -0.355. The van der Waals surface area contributed by atoms with Gasteiger partial charge in [-0.05, 0) is 26.7 Å². The van der Waals surface area contributed by atoms with Gasteiger partial charge >= 0.3 is 0 Å². The van der Waals surface area contributed by atoms with Crippen molar-refractivity contribution in [2.45, 2.75) is 73.4 Å². The van der Waals surface area contributed by atoms with Gasteiger partial charge in [0.2, 0.25) is 11.8 Å². The molecule has 0 aromatic heterocycles. The number of carbonyl (C=O) groups excluding carboxylic acids is 2. The average Bonchev–Trinajstić information content (AvgIpc) is 2.24. The molecule has 2 atom stereocenters. The van der Waals surface area contributed by atoms with Crippen LogP contribution in [0.4, 0.5) is 0 Å². The first-order valence-electron chi connectivity index (χ1n) is 7.15. The Morgan fingerprint density at radius 3 is 1.68 bits per heavy atom. The normalized spacial score (nSPS) is 14.9. The van der Waals surface area contributed by atoms with Gasteiger partial charge in [-0.15, -0.1) is 0 Å². The molecule has 2 unspecified atom stereocenters. The van der Waals surface area contributed by atoms with Crippen LogP contribution in [0.3, 0.4) is 0 Å². The summed E-state index contributed by atoms with van der Waals surface area (Å²) in [5.74, 6) is 0.165. The summed E-state index contributed by atoms with van der Waals surface area (Å²) < 4.78 is 0. The lowest BCUT2D eigenvalue weighted by Crippen LogP contribution is -2.41. The van der Waals surface area contributed by atoms with Crippen molar-refractivity contribution in [2.24, 2.45) is 11.3 Å². The highest BCUT2D eigenvalue weighted by Gasteiger charge is 2.22. The maximum atomic E-state index is 11.8. The molecule has 0 aromatic rings. The summed E-state index contributed by atoms with van der Waals surface area (Å²) in [7, 11) is 0. The molecule has 4 heteroatoms. The van der Waals surface area contributed by atoms with Crippen LogP contribution >= 0.6 is 0 Å². The van der Waals surface area contributed by atoms with Crippen LogP contribution in [-0.4, -0.2) is 23.9 Å². The van der Waals surface area contributed by atoms with E-state index in [4.69, 9.17) is 0 Å². The fourth-order valence-electron chi connectivity index (χ4n) is 1.49. The second-order valence-corrected chi connectivity index (χ2v) is 6.77. The minimum Gasteiger partial charge on any atom is -0.353 e. The quantitative estimate of drug-likeness (QED) is 0.779. The zero-order chi connectivity index (χ0) is 15.2.